The summed E-state index contributed by atoms with van der Waals surface area (Å²) in [6, 6.07) is 11.4. The van der Waals surface area contributed by atoms with Crippen LogP contribution in [0.15, 0.2) is 63.5 Å². The number of fused-ring (bicyclic) bond motifs is 1. The Labute approximate surface area is 210 Å². The summed E-state index contributed by atoms with van der Waals surface area (Å²) in [5.74, 6) is 0.0571. The smallest absolute Gasteiger partial charge is 0.338 e. The van der Waals surface area contributed by atoms with Gasteiger partial charge in [-0.3, -0.25) is 14.2 Å². The molecular formula is C26H24N2O7S. The van der Waals surface area contributed by atoms with Crippen LogP contribution in [0.5, 0.6) is 17.2 Å². The summed E-state index contributed by atoms with van der Waals surface area (Å²) in [5, 5.41) is 0. The Balaban J connectivity index is 1.95. The Bertz CT molecular complexity index is 1570. The second-order valence-corrected chi connectivity index (χ2v) is 8.86. The lowest BCUT2D eigenvalue weighted by Crippen LogP contribution is -2.39. The van der Waals surface area contributed by atoms with E-state index in [4.69, 9.17) is 18.9 Å². The second-order valence-electron chi connectivity index (χ2n) is 7.85. The van der Waals surface area contributed by atoms with E-state index in [0.717, 1.165) is 5.56 Å². The standard InChI is InChI=1S/C26H24N2O7S/c1-14-22(25(31)34-5)23(17-9-10-19(35-15(2)29)20(13-17)33-4)28-24(30)21(36-26(28)27-14)12-16-7-6-8-18(11-16)32-3/h6-13,23H,1-5H3/b21-12-. The van der Waals surface area contributed by atoms with E-state index >= 15 is 0 Å². The molecule has 10 heteroatoms. The molecule has 0 fully saturated rings. The molecule has 1 unspecified atom stereocenters. The third kappa shape index (κ3) is 4.67. The highest BCUT2D eigenvalue weighted by Gasteiger charge is 2.33. The normalized spacial score (nSPS) is 15.1. The zero-order valence-electron chi connectivity index (χ0n) is 20.4. The maximum absolute atomic E-state index is 13.7. The molecule has 1 aliphatic rings. The molecule has 2 heterocycles. The van der Waals surface area contributed by atoms with Gasteiger partial charge in [0.15, 0.2) is 16.3 Å². The maximum atomic E-state index is 13.7. The van der Waals surface area contributed by atoms with Crippen molar-refractivity contribution in [3.63, 3.8) is 0 Å². The Hall–Kier alpha value is -4.18. The summed E-state index contributed by atoms with van der Waals surface area (Å²) in [7, 11) is 4.29. The molecule has 1 aromatic heterocycles. The lowest BCUT2D eigenvalue weighted by atomic mass is 9.95. The van der Waals surface area contributed by atoms with E-state index in [-0.39, 0.29) is 22.6 Å². The third-order valence-electron chi connectivity index (χ3n) is 5.58. The molecule has 0 spiro atoms. The van der Waals surface area contributed by atoms with Crippen molar-refractivity contribution in [3.8, 4) is 17.2 Å². The minimum atomic E-state index is -0.832. The van der Waals surface area contributed by atoms with Crippen LogP contribution < -0.4 is 29.1 Å². The molecule has 0 bridgehead atoms. The summed E-state index contributed by atoms with van der Waals surface area (Å²) < 4.78 is 22.9. The van der Waals surface area contributed by atoms with Crippen LogP contribution in [-0.4, -0.2) is 37.8 Å². The molecule has 9 nitrogen and oxygen atoms in total. The number of hydrogen-bond donors (Lipinski definition) is 0. The highest BCUT2D eigenvalue weighted by atomic mass is 32.1. The fourth-order valence-corrected chi connectivity index (χ4v) is 5.03. The number of methoxy groups -OCH3 is 3. The van der Waals surface area contributed by atoms with E-state index in [0.29, 0.717) is 26.3 Å². The molecule has 0 radical (unpaired) electrons. The van der Waals surface area contributed by atoms with Crippen LogP contribution in [0.4, 0.5) is 0 Å². The van der Waals surface area contributed by atoms with Crippen molar-refractivity contribution in [2.24, 2.45) is 4.99 Å². The summed E-state index contributed by atoms with van der Waals surface area (Å²) in [5.41, 5.74) is 1.69. The van der Waals surface area contributed by atoms with Crippen LogP contribution in [0.2, 0.25) is 0 Å². The monoisotopic (exact) mass is 508 g/mol. The maximum Gasteiger partial charge on any atom is 0.338 e. The number of carbonyl (C=O) groups excluding carboxylic acids is 2. The molecule has 0 saturated heterocycles. The number of rotatable bonds is 6. The average Bonchev–Trinajstić information content (AvgIpc) is 3.16. The number of allylic oxidation sites excluding steroid dienone is 1. The lowest BCUT2D eigenvalue weighted by Gasteiger charge is -2.25. The number of esters is 2. The fraction of sp³-hybridized carbons (Fsp3) is 0.231. The molecule has 4 rings (SSSR count). The first-order valence-electron chi connectivity index (χ1n) is 10.9. The topological polar surface area (TPSA) is 105 Å². The van der Waals surface area contributed by atoms with Gasteiger partial charge in [0.1, 0.15) is 5.75 Å². The van der Waals surface area contributed by atoms with Crippen molar-refractivity contribution in [1.82, 2.24) is 4.57 Å². The molecule has 3 aromatic rings. The minimum Gasteiger partial charge on any atom is -0.497 e. The molecule has 0 aliphatic carbocycles. The molecule has 1 aliphatic heterocycles. The van der Waals surface area contributed by atoms with E-state index in [2.05, 4.69) is 4.99 Å². The molecule has 0 N–H and O–H groups in total. The fourth-order valence-electron chi connectivity index (χ4n) is 3.98. The first kappa shape index (κ1) is 24.9. The van der Waals surface area contributed by atoms with Gasteiger partial charge in [0.2, 0.25) is 0 Å². The number of thiazole rings is 1. The Morgan fingerprint density at radius 1 is 1.06 bits per heavy atom. The molecule has 186 valence electrons. The Morgan fingerprint density at radius 3 is 2.50 bits per heavy atom. The van der Waals surface area contributed by atoms with Gasteiger partial charge < -0.3 is 18.9 Å². The molecule has 0 amide bonds. The van der Waals surface area contributed by atoms with Crippen molar-refractivity contribution in [2.75, 3.05) is 21.3 Å². The number of aromatic nitrogens is 1. The number of carbonyl (C=O) groups is 2. The number of nitrogens with zero attached hydrogens (tertiary/aromatic N) is 2. The SMILES string of the molecule is COC(=O)C1=C(C)N=c2s/c(=C\c3cccc(OC)c3)c(=O)n2C1c1ccc(OC(C)=O)c(OC)c1. The highest BCUT2D eigenvalue weighted by Crippen LogP contribution is 2.36. The van der Waals surface area contributed by atoms with Crippen LogP contribution in [0.3, 0.4) is 0 Å². The summed E-state index contributed by atoms with van der Waals surface area (Å²) in [4.78, 5) is 43.0. The first-order chi connectivity index (χ1) is 17.3. The van der Waals surface area contributed by atoms with Crippen molar-refractivity contribution >= 4 is 29.4 Å². The van der Waals surface area contributed by atoms with Crippen LogP contribution in [0.1, 0.15) is 31.0 Å². The highest BCUT2D eigenvalue weighted by molar-refractivity contribution is 7.07. The molecule has 1 atom stereocenters. The number of ether oxygens (including phenoxy) is 4. The van der Waals surface area contributed by atoms with Gasteiger partial charge >= 0.3 is 11.9 Å². The van der Waals surface area contributed by atoms with E-state index in [1.807, 2.05) is 24.3 Å². The zero-order chi connectivity index (χ0) is 26.0. The van der Waals surface area contributed by atoms with Gasteiger partial charge in [-0.2, -0.15) is 0 Å². The third-order valence-corrected chi connectivity index (χ3v) is 6.56. The minimum absolute atomic E-state index is 0.222. The van der Waals surface area contributed by atoms with E-state index in [9.17, 15) is 14.4 Å². The van der Waals surface area contributed by atoms with Crippen LogP contribution in [0.25, 0.3) is 6.08 Å². The van der Waals surface area contributed by atoms with E-state index in [1.54, 1.807) is 38.3 Å². The Morgan fingerprint density at radius 2 is 1.83 bits per heavy atom. The summed E-state index contributed by atoms with van der Waals surface area (Å²) in [6.07, 6.45) is 1.75. The molecule has 36 heavy (non-hydrogen) atoms. The van der Waals surface area contributed by atoms with E-state index in [1.165, 1.54) is 37.0 Å². The van der Waals surface area contributed by atoms with Gasteiger partial charge in [-0.25, -0.2) is 9.79 Å². The quantitative estimate of drug-likeness (QED) is 0.372. The predicted octanol–water partition coefficient (Wildman–Crippen LogP) is 2.35. The van der Waals surface area contributed by atoms with Gasteiger partial charge in [0.25, 0.3) is 5.56 Å². The van der Waals surface area contributed by atoms with E-state index < -0.39 is 18.0 Å². The van der Waals surface area contributed by atoms with Gasteiger partial charge in [-0.05, 0) is 48.4 Å². The van der Waals surface area contributed by atoms with Crippen molar-refractivity contribution in [2.45, 2.75) is 19.9 Å². The predicted molar refractivity (Wildman–Crippen MR) is 133 cm³/mol. The first-order valence-corrected chi connectivity index (χ1v) is 11.7. The number of hydrogen-bond acceptors (Lipinski definition) is 9. The van der Waals surface area contributed by atoms with Crippen LogP contribution in [-0.2, 0) is 14.3 Å². The molecular weight excluding hydrogens is 484 g/mol. The van der Waals surface area contributed by atoms with Gasteiger partial charge in [-0.1, -0.05) is 29.5 Å². The van der Waals surface area contributed by atoms with Gasteiger partial charge in [0, 0.05) is 6.92 Å². The van der Waals surface area contributed by atoms with Crippen molar-refractivity contribution < 1.29 is 28.5 Å². The summed E-state index contributed by atoms with van der Waals surface area (Å²) in [6.45, 7) is 2.98. The average molecular weight is 509 g/mol. The van der Waals surface area contributed by atoms with Crippen LogP contribution >= 0.6 is 11.3 Å². The zero-order valence-corrected chi connectivity index (χ0v) is 21.2. The summed E-state index contributed by atoms with van der Waals surface area (Å²) >= 11 is 1.22. The van der Waals surface area contributed by atoms with Crippen LogP contribution in [0, 0.1) is 0 Å². The van der Waals surface area contributed by atoms with Gasteiger partial charge in [-0.15, -0.1) is 0 Å². The number of benzene rings is 2. The van der Waals surface area contributed by atoms with Gasteiger partial charge in [0.05, 0.1) is 43.2 Å². The lowest BCUT2D eigenvalue weighted by molar-refractivity contribution is -0.136. The second kappa shape index (κ2) is 10.2. The van der Waals surface area contributed by atoms with Crippen molar-refractivity contribution in [3.05, 3.63) is 84.5 Å². The largest absolute Gasteiger partial charge is 0.497 e. The molecule has 0 saturated carbocycles. The Kier molecular flexibility index (Phi) is 7.07. The molecule has 2 aromatic carbocycles. The van der Waals surface area contributed by atoms with Crippen molar-refractivity contribution in [1.29, 1.82) is 0 Å².